The van der Waals surface area contributed by atoms with E-state index in [0.717, 1.165) is 0 Å². The molecule has 0 radical (unpaired) electrons. The first kappa shape index (κ1) is 19.6. The standard InChI is InChI=1S/C22H15ClFN3O3/c23-17-6-2-4-8-19(17)29-13-20(28)25-18-7-3-1-5-16(18)22-26-21(27-30-22)14-9-11-15(24)12-10-14/h1-12H,13H2,(H,25,28). The van der Waals surface area contributed by atoms with Crippen LogP contribution in [0.5, 0.6) is 5.75 Å². The number of hydrogen-bond acceptors (Lipinski definition) is 5. The number of nitrogens with zero attached hydrogens (tertiary/aromatic N) is 2. The van der Waals surface area contributed by atoms with E-state index in [-0.39, 0.29) is 24.2 Å². The number of amides is 1. The smallest absolute Gasteiger partial charge is 0.262 e. The lowest BCUT2D eigenvalue weighted by molar-refractivity contribution is -0.118. The monoisotopic (exact) mass is 423 g/mol. The van der Waals surface area contributed by atoms with Gasteiger partial charge in [-0.1, -0.05) is 41.0 Å². The van der Waals surface area contributed by atoms with Gasteiger partial charge in [0.05, 0.1) is 16.3 Å². The molecule has 30 heavy (non-hydrogen) atoms. The fourth-order valence-corrected chi connectivity index (χ4v) is 2.91. The van der Waals surface area contributed by atoms with Crippen molar-refractivity contribution < 1.29 is 18.4 Å². The van der Waals surface area contributed by atoms with Crippen LogP contribution < -0.4 is 10.1 Å². The van der Waals surface area contributed by atoms with Gasteiger partial charge in [0.15, 0.2) is 6.61 Å². The van der Waals surface area contributed by atoms with Gasteiger partial charge in [-0.15, -0.1) is 0 Å². The Hall–Kier alpha value is -3.71. The summed E-state index contributed by atoms with van der Waals surface area (Å²) >= 11 is 6.03. The van der Waals surface area contributed by atoms with Gasteiger partial charge < -0.3 is 14.6 Å². The molecule has 150 valence electrons. The number of para-hydroxylation sites is 2. The van der Waals surface area contributed by atoms with E-state index in [2.05, 4.69) is 15.5 Å². The molecule has 0 spiro atoms. The van der Waals surface area contributed by atoms with Gasteiger partial charge >= 0.3 is 0 Å². The number of carbonyl (C=O) groups is 1. The summed E-state index contributed by atoms with van der Waals surface area (Å²) in [6.45, 7) is -0.220. The predicted molar refractivity (Wildman–Crippen MR) is 111 cm³/mol. The minimum atomic E-state index is -0.374. The van der Waals surface area contributed by atoms with Crippen LogP contribution in [0, 0.1) is 5.82 Å². The van der Waals surface area contributed by atoms with Crippen LogP contribution in [-0.4, -0.2) is 22.7 Å². The van der Waals surface area contributed by atoms with Crippen LogP contribution in [0.1, 0.15) is 0 Å². The number of carbonyl (C=O) groups excluding carboxylic acids is 1. The minimum Gasteiger partial charge on any atom is -0.482 e. The summed E-state index contributed by atoms with van der Waals surface area (Å²) in [6.07, 6.45) is 0. The molecule has 0 fully saturated rings. The SMILES string of the molecule is O=C(COc1ccccc1Cl)Nc1ccccc1-c1nc(-c2ccc(F)cc2)no1. The Kier molecular flexibility index (Phi) is 5.72. The average Bonchev–Trinajstić information content (AvgIpc) is 3.24. The van der Waals surface area contributed by atoms with E-state index in [9.17, 15) is 9.18 Å². The van der Waals surface area contributed by atoms with Gasteiger partial charge in [-0.3, -0.25) is 4.79 Å². The number of rotatable bonds is 6. The lowest BCUT2D eigenvalue weighted by Crippen LogP contribution is -2.20. The largest absolute Gasteiger partial charge is 0.482 e. The van der Waals surface area contributed by atoms with Crippen LogP contribution in [0.4, 0.5) is 10.1 Å². The van der Waals surface area contributed by atoms with E-state index in [1.807, 2.05) is 0 Å². The predicted octanol–water partition coefficient (Wildman–Crippen LogP) is 5.21. The molecule has 1 amide bonds. The Bertz CT molecular complexity index is 1180. The highest BCUT2D eigenvalue weighted by atomic mass is 35.5. The highest BCUT2D eigenvalue weighted by Gasteiger charge is 2.16. The maximum absolute atomic E-state index is 13.1. The van der Waals surface area contributed by atoms with Crippen molar-refractivity contribution in [1.82, 2.24) is 10.1 Å². The second-order valence-electron chi connectivity index (χ2n) is 6.24. The number of anilines is 1. The number of ether oxygens (including phenoxy) is 1. The second kappa shape index (κ2) is 8.75. The van der Waals surface area contributed by atoms with Gasteiger partial charge in [0.2, 0.25) is 5.82 Å². The van der Waals surface area contributed by atoms with Gasteiger partial charge in [0.25, 0.3) is 11.8 Å². The van der Waals surface area contributed by atoms with Crippen LogP contribution in [0.3, 0.4) is 0 Å². The highest BCUT2D eigenvalue weighted by molar-refractivity contribution is 6.32. The third kappa shape index (κ3) is 4.47. The Morgan fingerprint density at radius 3 is 2.57 bits per heavy atom. The first-order chi connectivity index (χ1) is 14.6. The Morgan fingerprint density at radius 2 is 1.77 bits per heavy atom. The van der Waals surface area contributed by atoms with Crippen molar-refractivity contribution in [3.8, 4) is 28.6 Å². The second-order valence-corrected chi connectivity index (χ2v) is 6.65. The van der Waals surface area contributed by atoms with E-state index in [1.165, 1.54) is 12.1 Å². The molecule has 0 aliphatic carbocycles. The summed E-state index contributed by atoms with van der Waals surface area (Å²) in [5.74, 6) is 0.226. The lowest BCUT2D eigenvalue weighted by Gasteiger charge is -2.10. The molecule has 6 nitrogen and oxygen atoms in total. The number of hydrogen-bond donors (Lipinski definition) is 1. The quantitative estimate of drug-likeness (QED) is 0.460. The molecule has 1 aromatic heterocycles. The zero-order valence-electron chi connectivity index (χ0n) is 15.5. The van der Waals surface area contributed by atoms with E-state index < -0.39 is 0 Å². The van der Waals surface area contributed by atoms with Crippen molar-refractivity contribution in [2.75, 3.05) is 11.9 Å². The molecule has 0 aliphatic heterocycles. The molecule has 3 aromatic carbocycles. The van der Waals surface area contributed by atoms with Crippen LogP contribution >= 0.6 is 11.6 Å². The number of nitrogens with one attached hydrogen (secondary N) is 1. The molecule has 0 saturated heterocycles. The van der Waals surface area contributed by atoms with Crippen LogP contribution in [0.2, 0.25) is 5.02 Å². The van der Waals surface area contributed by atoms with Crippen molar-refractivity contribution in [3.05, 3.63) is 83.6 Å². The minimum absolute atomic E-state index is 0.220. The van der Waals surface area contributed by atoms with Crippen LogP contribution in [0.25, 0.3) is 22.8 Å². The molecular formula is C22H15ClFN3O3. The van der Waals surface area contributed by atoms with E-state index in [0.29, 0.717) is 33.4 Å². The molecule has 1 N–H and O–H groups in total. The van der Waals surface area contributed by atoms with E-state index >= 15 is 0 Å². The fraction of sp³-hybridized carbons (Fsp3) is 0.0455. The first-order valence-corrected chi connectivity index (χ1v) is 9.34. The summed E-state index contributed by atoms with van der Waals surface area (Å²) in [6, 6.07) is 19.7. The van der Waals surface area contributed by atoms with Crippen LogP contribution in [0.15, 0.2) is 77.3 Å². The molecule has 0 bridgehead atoms. The average molecular weight is 424 g/mol. The van der Waals surface area contributed by atoms with E-state index in [1.54, 1.807) is 60.7 Å². The Morgan fingerprint density at radius 1 is 1.03 bits per heavy atom. The number of halogens is 2. The summed E-state index contributed by atoms with van der Waals surface area (Å²) < 4.78 is 23.9. The van der Waals surface area contributed by atoms with E-state index in [4.69, 9.17) is 20.9 Å². The highest BCUT2D eigenvalue weighted by Crippen LogP contribution is 2.29. The van der Waals surface area contributed by atoms with Crippen molar-refractivity contribution in [2.24, 2.45) is 0 Å². The zero-order valence-corrected chi connectivity index (χ0v) is 16.3. The Labute approximate surface area is 176 Å². The third-order valence-electron chi connectivity index (χ3n) is 4.16. The number of aromatic nitrogens is 2. The van der Waals surface area contributed by atoms with Gasteiger partial charge in [0.1, 0.15) is 11.6 Å². The zero-order chi connectivity index (χ0) is 20.9. The molecular weight excluding hydrogens is 409 g/mol. The van der Waals surface area contributed by atoms with Gasteiger partial charge in [-0.2, -0.15) is 4.98 Å². The lowest BCUT2D eigenvalue weighted by atomic mass is 10.1. The summed E-state index contributed by atoms with van der Waals surface area (Å²) in [7, 11) is 0. The van der Waals surface area contributed by atoms with Gasteiger partial charge in [-0.25, -0.2) is 4.39 Å². The molecule has 0 aliphatic rings. The van der Waals surface area contributed by atoms with Gasteiger partial charge in [-0.05, 0) is 48.5 Å². The molecule has 4 aromatic rings. The number of benzene rings is 3. The molecule has 8 heteroatoms. The van der Waals surface area contributed by atoms with Crippen LogP contribution in [-0.2, 0) is 4.79 Å². The fourth-order valence-electron chi connectivity index (χ4n) is 2.72. The maximum Gasteiger partial charge on any atom is 0.262 e. The van der Waals surface area contributed by atoms with Crippen molar-refractivity contribution in [3.63, 3.8) is 0 Å². The molecule has 0 unspecified atom stereocenters. The van der Waals surface area contributed by atoms with Crippen molar-refractivity contribution in [2.45, 2.75) is 0 Å². The van der Waals surface area contributed by atoms with Crippen molar-refractivity contribution >= 4 is 23.2 Å². The van der Waals surface area contributed by atoms with Crippen molar-refractivity contribution in [1.29, 1.82) is 0 Å². The first-order valence-electron chi connectivity index (χ1n) is 8.96. The topological polar surface area (TPSA) is 77.2 Å². The Balaban J connectivity index is 1.49. The molecule has 0 atom stereocenters. The molecule has 4 rings (SSSR count). The maximum atomic E-state index is 13.1. The van der Waals surface area contributed by atoms with Gasteiger partial charge in [0, 0.05) is 5.56 Å². The normalized spacial score (nSPS) is 10.6. The summed E-state index contributed by atoms with van der Waals surface area (Å²) in [5.41, 5.74) is 1.64. The summed E-state index contributed by atoms with van der Waals surface area (Å²) in [4.78, 5) is 16.7. The summed E-state index contributed by atoms with van der Waals surface area (Å²) in [5, 5.41) is 7.13. The molecule has 1 heterocycles. The third-order valence-corrected chi connectivity index (χ3v) is 4.47. The molecule has 0 saturated carbocycles.